The molecule has 64 valence electrons. The highest BCUT2D eigenvalue weighted by Crippen LogP contribution is 2.18. The van der Waals surface area contributed by atoms with Crippen molar-refractivity contribution >= 4 is 5.78 Å². The molecule has 4 nitrogen and oxygen atoms in total. The average molecular weight is 167 g/mol. The molecule has 0 heterocycles. The predicted molar refractivity (Wildman–Crippen MR) is 43.0 cm³/mol. The van der Waals surface area contributed by atoms with Crippen LogP contribution in [0.4, 0.5) is 0 Å². The van der Waals surface area contributed by atoms with Crippen LogP contribution in [-0.2, 0) is 4.79 Å². The molecule has 0 saturated heterocycles. The summed E-state index contributed by atoms with van der Waals surface area (Å²) in [6.07, 6.45) is 3.09. The van der Waals surface area contributed by atoms with Crippen LogP contribution < -0.4 is 0 Å². The Morgan fingerprint density at radius 1 is 1.50 bits per heavy atom. The van der Waals surface area contributed by atoms with Crippen LogP contribution in [0.3, 0.4) is 0 Å². The maximum Gasteiger partial charge on any atom is 0.313 e. The first-order chi connectivity index (χ1) is 5.52. The first-order valence-electron chi connectivity index (χ1n) is 3.61. The minimum absolute atomic E-state index is 0.0249. The zero-order valence-electron chi connectivity index (χ0n) is 6.90. The lowest BCUT2D eigenvalue weighted by Crippen LogP contribution is -2.17. The number of carbonyl (C=O) groups is 1. The fourth-order valence-electron chi connectivity index (χ4n) is 1.19. The van der Waals surface area contributed by atoms with Crippen LogP contribution in [0.2, 0.25) is 0 Å². The topological polar surface area (TPSA) is 60.2 Å². The molecule has 0 aromatic heterocycles. The average Bonchev–Trinajstić information content (AvgIpc) is 1.96. The maximum atomic E-state index is 11.1. The summed E-state index contributed by atoms with van der Waals surface area (Å²) >= 11 is 0. The van der Waals surface area contributed by atoms with Crippen LogP contribution in [0.15, 0.2) is 23.4 Å². The van der Waals surface area contributed by atoms with Gasteiger partial charge in [-0.1, -0.05) is 13.0 Å². The Bertz CT molecular complexity index is 301. The van der Waals surface area contributed by atoms with E-state index < -0.39 is 10.7 Å². The molecule has 1 aliphatic carbocycles. The van der Waals surface area contributed by atoms with Crippen molar-refractivity contribution in [3.8, 4) is 0 Å². The van der Waals surface area contributed by atoms with Gasteiger partial charge in [0.05, 0.1) is 4.92 Å². The third-order valence-electron chi connectivity index (χ3n) is 1.72. The maximum absolute atomic E-state index is 11.1. The smallest absolute Gasteiger partial charge is 0.282 e. The molecule has 1 aliphatic rings. The Kier molecular flexibility index (Phi) is 2.08. The first-order valence-corrected chi connectivity index (χ1v) is 3.61. The largest absolute Gasteiger partial charge is 0.313 e. The number of nitrogens with zero attached hydrogens (tertiary/aromatic N) is 1. The van der Waals surface area contributed by atoms with Gasteiger partial charge in [0, 0.05) is 11.6 Å². The Labute approximate surface area is 69.7 Å². The van der Waals surface area contributed by atoms with Crippen molar-refractivity contribution in [1.29, 1.82) is 0 Å². The molecule has 0 amide bonds. The summed E-state index contributed by atoms with van der Waals surface area (Å²) in [6, 6.07) is 0. The predicted octanol–water partition coefficient (Wildman–Crippen LogP) is 1.31. The zero-order chi connectivity index (χ0) is 9.30. The number of nitro groups is 1. The van der Waals surface area contributed by atoms with E-state index in [0.717, 1.165) is 0 Å². The van der Waals surface area contributed by atoms with Crippen LogP contribution in [0.25, 0.3) is 0 Å². The fraction of sp³-hybridized carbons (Fsp3) is 0.375. The third kappa shape index (κ3) is 1.42. The summed E-state index contributed by atoms with van der Waals surface area (Å²) in [6.45, 7) is 3.40. The molecular formula is C8H9NO3. The summed E-state index contributed by atoms with van der Waals surface area (Å²) in [4.78, 5) is 20.8. The van der Waals surface area contributed by atoms with Gasteiger partial charge in [-0.05, 0) is 12.8 Å². The van der Waals surface area contributed by atoms with Crippen LogP contribution in [0.1, 0.15) is 13.8 Å². The van der Waals surface area contributed by atoms with E-state index in [1.165, 1.54) is 6.08 Å². The first kappa shape index (κ1) is 8.64. The standard InChI is InChI=1S/C8H9NO3/c1-5-3-6(2)8(10)7(4-5)9(11)12/h3-5H,1-2H3. The van der Waals surface area contributed by atoms with E-state index in [4.69, 9.17) is 0 Å². The molecule has 4 heteroatoms. The van der Waals surface area contributed by atoms with Gasteiger partial charge < -0.3 is 0 Å². The van der Waals surface area contributed by atoms with Gasteiger partial charge >= 0.3 is 5.70 Å². The molecule has 0 aliphatic heterocycles. The molecule has 0 bridgehead atoms. The molecule has 1 unspecified atom stereocenters. The fourth-order valence-corrected chi connectivity index (χ4v) is 1.19. The molecular weight excluding hydrogens is 158 g/mol. The molecule has 0 N–H and O–H groups in total. The summed E-state index contributed by atoms with van der Waals surface area (Å²) < 4.78 is 0. The summed E-state index contributed by atoms with van der Waals surface area (Å²) in [5.41, 5.74) is 0.152. The Hall–Kier alpha value is -1.45. The van der Waals surface area contributed by atoms with Crippen LogP contribution >= 0.6 is 0 Å². The molecule has 0 aromatic carbocycles. The summed E-state index contributed by atoms with van der Waals surface area (Å²) in [7, 11) is 0. The third-order valence-corrected chi connectivity index (χ3v) is 1.72. The number of Topliss-reactive ketones (excluding diaryl/α,β-unsaturated/α-hetero) is 1. The van der Waals surface area contributed by atoms with Gasteiger partial charge in [-0.15, -0.1) is 0 Å². The molecule has 0 radical (unpaired) electrons. The van der Waals surface area contributed by atoms with E-state index in [1.54, 1.807) is 19.9 Å². The number of rotatable bonds is 1. The van der Waals surface area contributed by atoms with E-state index in [2.05, 4.69) is 0 Å². The van der Waals surface area contributed by atoms with Crippen molar-refractivity contribution in [2.45, 2.75) is 13.8 Å². The normalized spacial score (nSPS) is 23.2. The molecule has 0 fully saturated rings. The molecule has 12 heavy (non-hydrogen) atoms. The van der Waals surface area contributed by atoms with E-state index in [1.807, 2.05) is 0 Å². The van der Waals surface area contributed by atoms with E-state index >= 15 is 0 Å². The zero-order valence-corrected chi connectivity index (χ0v) is 6.90. The van der Waals surface area contributed by atoms with Crippen molar-refractivity contribution in [3.05, 3.63) is 33.5 Å². The minimum Gasteiger partial charge on any atom is -0.282 e. The second-order valence-electron chi connectivity index (χ2n) is 2.85. The van der Waals surface area contributed by atoms with Crippen LogP contribution in [0.5, 0.6) is 0 Å². The SMILES string of the molecule is CC1=CC(C)C=C([N+](=O)[O-])C1=O. The van der Waals surface area contributed by atoms with Gasteiger partial charge in [-0.3, -0.25) is 14.9 Å². The lowest BCUT2D eigenvalue weighted by molar-refractivity contribution is -0.419. The van der Waals surface area contributed by atoms with Crippen molar-refractivity contribution in [3.63, 3.8) is 0 Å². The van der Waals surface area contributed by atoms with Crippen molar-refractivity contribution in [2.24, 2.45) is 5.92 Å². The van der Waals surface area contributed by atoms with Gasteiger partial charge in [0.25, 0.3) is 5.78 Å². The van der Waals surface area contributed by atoms with E-state index in [9.17, 15) is 14.9 Å². The Morgan fingerprint density at radius 3 is 2.58 bits per heavy atom. The van der Waals surface area contributed by atoms with Crippen molar-refractivity contribution < 1.29 is 9.72 Å². The highest BCUT2D eigenvalue weighted by atomic mass is 16.6. The number of ketones is 1. The van der Waals surface area contributed by atoms with Gasteiger partial charge in [0.15, 0.2) is 0 Å². The number of carbonyl (C=O) groups excluding carboxylic acids is 1. The number of allylic oxidation sites excluding steroid dienone is 3. The molecule has 0 saturated carbocycles. The van der Waals surface area contributed by atoms with E-state index in [0.29, 0.717) is 5.57 Å². The molecule has 0 aromatic rings. The lowest BCUT2D eigenvalue weighted by atomic mass is 9.96. The van der Waals surface area contributed by atoms with E-state index in [-0.39, 0.29) is 11.6 Å². The van der Waals surface area contributed by atoms with Gasteiger partial charge in [0.2, 0.25) is 0 Å². The van der Waals surface area contributed by atoms with Crippen LogP contribution in [-0.4, -0.2) is 10.7 Å². The van der Waals surface area contributed by atoms with Gasteiger partial charge in [-0.2, -0.15) is 0 Å². The Balaban J connectivity index is 3.04. The van der Waals surface area contributed by atoms with Crippen LogP contribution in [0, 0.1) is 16.0 Å². The quantitative estimate of drug-likeness (QED) is 0.437. The minimum atomic E-state index is -0.630. The molecule has 1 atom stereocenters. The highest BCUT2D eigenvalue weighted by Gasteiger charge is 2.27. The number of hydrogen-bond donors (Lipinski definition) is 0. The van der Waals surface area contributed by atoms with Gasteiger partial charge in [-0.25, -0.2) is 0 Å². The summed E-state index contributed by atoms with van der Waals surface area (Å²) in [5, 5.41) is 10.3. The highest BCUT2D eigenvalue weighted by molar-refractivity contribution is 6.06. The second-order valence-corrected chi connectivity index (χ2v) is 2.85. The lowest BCUT2D eigenvalue weighted by Gasteiger charge is -2.08. The van der Waals surface area contributed by atoms with Crippen molar-refractivity contribution in [1.82, 2.24) is 0 Å². The molecule has 0 spiro atoms. The summed E-state index contributed by atoms with van der Waals surface area (Å²) in [5.74, 6) is -0.499. The molecule has 1 rings (SSSR count). The number of hydrogen-bond acceptors (Lipinski definition) is 3. The monoisotopic (exact) mass is 167 g/mol. The Morgan fingerprint density at radius 2 is 2.08 bits per heavy atom. The van der Waals surface area contributed by atoms with Crippen molar-refractivity contribution in [2.75, 3.05) is 0 Å². The van der Waals surface area contributed by atoms with Gasteiger partial charge in [0.1, 0.15) is 0 Å². The second kappa shape index (κ2) is 2.89.